The minimum absolute atomic E-state index is 0.0157. The average molecular weight is 389 g/mol. The lowest BCUT2D eigenvalue weighted by molar-refractivity contribution is -0.137. The van der Waals surface area contributed by atoms with Crippen molar-refractivity contribution >= 4 is 17.5 Å². The van der Waals surface area contributed by atoms with Crippen molar-refractivity contribution in [1.82, 2.24) is 9.80 Å². The van der Waals surface area contributed by atoms with Crippen LogP contribution in [0.15, 0.2) is 24.3 Å². The summed E-state index contributed by atoms with van der Waals surface area (Å²) in [5.41, 5.74) is 1.20. The number of nitriles is 2. The Morgan fingerprint density at radius 2 is 2.03 bits per heavy atom. The van der Waals surface area contributed by atoms with E-state index in [-0.39, 0.29) is 41.9 Å². The molecule has 4 aliphatic rings. The molecule has 7 heteroatoms. The van der Waals surface area contributed by atoms with Crippen LogP contribution in [-0.2, 0) is 9.59 Å². The lowest BCUT2D eigenvalue weighted by Gasteiger charge is -2.36. The summed E-state index contributed by atoms with van der Waals surface area (Å²) in [6.45, 7) is 3.15. The third-order valence-corrected chi connectivity index (χ3v) is 6.99. The van der Waals surface area contributed by atoms with Crippen LogP contribution in [-0.4, -0.2) is 58.9 Å². The lowest BCUT2D eigenvalue weighted by atomic mass is 10.1. The van der Waals surface area contributed by atoms with Crippen LogP contribution in [0.3, 0.4) is 0 Å². The first-order valence-electron chi connectivity index (χ1n) is 10.3. The van der Waals surface area contributed by atoms with Gasteiger partial charge in [-0.15, -0.1) is 0 Å². The SMILES string of the molecule is C[C@@H](CN1C[C@@H]2C[C@H]1C(=O)N2c1ccccc1C#N)C(=O)N1C2C[C@H]2C[C@H]1C#N. The number of hydrogen-bond acceptors (Lipinski definition) is 5. The molecule has 2 amide bonds. The number of fused-ring (bicyclic) bond motifs is 3. The molecule has 1 unspecified atom stereocenters. The third-order valence-electron chi connectivity index (χ3n) is 6.99. The number of hydrogen-bond donors (Lipinski definition) is 0. The Kier molecular flexibility index (Phi) is 4.11. The summed E-state index contributed by atoms with van der Waals surface area (Å²) in [6.07, 6.45) is 2.56. The molecule has 3 aliphatic heterocycles. The molecule has 7 nitrogen and oxygen atoms in total. The van der Waals surface area contributed by atoms with Gasteiger partial charge in [-0.05, 0) is 37.3 Å². The lowest BCUT2D eigenvalue weighted by Crippen LogP contribution is -2.53. The summed E-state index contributed by atoms with van der Waals surface area (Å²) >= 11 is 0. The van der Waals surface area contributed by atoms with Crippen molar-refractivity contribution in [2.45, 2.75) is 50.4 Å². The van der Waals surface area contributed by atoms with Gasteiger partial charge in [0, 0.05) is 25.0 Å². The predicted octanol–water partition coefficient (Wildman–Crippen LogP) is 1.50. The zero-order valence-electron chi connectivity index (χ0n) is 16.4. The first-order valence-corrected chi connectivity index (χ1v) is 10.3. The maximum Gasteiger partial charge on any atom is 0.244 e. The quantitative estimate of drug-likeness (QED) is 0.778. The van der Waals surface area contributed by atoms with Gasteiger partial charge in [0.1, 0.15) is 12.1 Å². The van der Waals surface area contributed by atoms with Crippen LogP contribution < -0.4 is 4.90 Å². The molecule has 0 spiro atoms. The number of nitrogens with zero attached hydrogens (tertiary/aromatic N) is 5. The molecule has 4 fully saturated rings. The summed E-state index contributed by atoms with van der Waals surface area (Å²) in [4.78, 5) is 31.8. The van der Waals surface area contributed by atoms with E-state index < -0.39 is 0 Å². The summed E-state index contributed by atoms with van der Waals surface area (Å²) in [7, 11) is 0. The minimum atomic E-state index is -0.289. The normalized spacial score (nSPS) is 33.3. The zero-order chi connectivity index (χ0) is 20.3. The van der Waals surface area contributed by atoms with Crippen molar-refractivity contribution < 1.29 is 9.59 Å². The van der Waals surface area contributed by atoms with E-state index in [1.165, 1.54) is 0 Å². The number of carbonyl (C=O) groups excluding carboxylic acids is 2. The van der Waals surface area contributed by atoms with E-state index in [9.17, 15) is 20.1 Å². The number of piperazine rings is 1. The highest BCUT2D eigenvalue weighted by molar-refractivity contribution is 6.02. The smallest absolute Gasteiger partial charge is 0.244 e. The Balaban J connectivity index is 1.27. The van der Waals surface area contributed by atoms with Crippen molar-refractivity contribution in [3.63, 3.8) is 0 Å². The Morgan fingerprint density at radius 3 is 2.76 bits per heavy atom. The highest BCUT2D eigenvalue weighted by Crippen LogP contribution is 2.48. The van der Waals surface area contributed by atoms with Gasteiger partial charge in [-0.2, -0.15) is 10.5 Å². The molecule has 3 saturated heterocycles. The van der Waals surface area contributed by atoms with Crippen LogP contribution in [0.1, 0.15) is 31.7 Å². The molecule has 148 valence electrons. The van der Waals surface area contributed by atoms with Crippen molar-refractivity contribution in [2.75, 3.05) is 18.0 Å². The summed E-state index contributed by atoms with van der Waals surface area (Å²) in [5.74, 6) is 0.330. The fourth-order valence-electron chi connectivity index (χ4n) is 5.53. The molecule has 1 saturated carbocycles. The highest BCUT2D eigenvalue weighted by Gasteiger charge is 2.55. The number of anilines is 1. The Bertz CT molecular complexity index is 963. The molecule has 5 rings (SSSR count). The number of carbonyl (C=O) groups is 2. The van der Waals surface area contributed by atoms with Crippen molar-refractivity contribution in [3.05, 3.63) is 29.8 Å². The molecule has 6 atom stereocenters. The van der Waals surface area contributed by atoms with Crippen molar-refractivity contribution in [2.24, 2.45) is 11.8 Å². The molecule has 1 aromatic rings. The molecule has 0 aromatic heterocycles. The first kappa shape index (κ1) is 18.1. The van der Waals surface area contributed by atoms with Crippen LogP contribution in [0.5, 0.6) is 0 Å². The molecule has 1 aliphatic carbocycles. The molecule has 0 radical (unpaired) electrons. The minimum Gasteiger partial charge on any atom is -0.323 e. The van der Waals surface area contributed by atoms with Crippen LogP contribution in [0, 0.1) is 34.5 Å². The maximum absolute atomic E-state index is 13.0. The number of amides is 2. The summed E-state index contributed by atoms with van der Waals surface area (Å²) < 4.78 is 0. The number of likely N-dealkylation sites (tertiary alicyclic amines) is 2. The Hall–Kier alpha value is -2.90. The number of piperidine rings is 1. The van der Waals surface area contributed by atoms with Crippen molar-refractivity contribution in [3.8, 4) is 12.1 Å². The molecule has 2 bridgehead atoms. The van der Waals surface area contributed by atoms with Gasteiger partial charge in [-0.3, -0.25) is 14.5 Å². The summed E-state index contributed by atoms with van der Waals surface area (Å²) in [5, 5.41) is 18.7. The largest absolute Gasteiger partial charge is 0.323 e. The van der Waals surface area contributed by atoms with Gasteiger partial charge < -0.3 is 9.80 Å². The van der Waals surface area contributed by atoms with Gasteiger partial charge in [-0.25, -0.2) is 0 Å². The van der Waals surface area contributed by atoms with Crippen molar-refractivity contribution in [1.29, 1.82) is 10.5 Å². The zero-order valence-corrected chi connectivity index (χ0v) is 16.4. The summed E-state index contributed by atoms with van der Waals surface area (Å²) in [6, 6.07) is 11.4. The molecule has 1 aromatic carbocycles. The van der Waals surface area contributed by atoms with Gasteiger partial charge >= 0.3 is 0 Å². The second-order valence-electron chi connectivity index (χ2n) is 8.79. The second kappa shape index (κ2) is 6.57. The van der Waals surface area contributed by atoms with E-state index in [1.807, 2.05) is 19.1 Å². The monoisotopic (exact) mass is 389 g/mol. The Morgan fingerprint density at radius 1 is 1.24 bits per heavy atom. The molecular formula is C22H23N5O2. The van der Waals surface area contributed by atoms with Crippen LogP contribution in [0.4, 0.5) is 5.69 Å². The maximum atomic E-state index is 13.0. The number of rotatable bonds is 4. The fourth-order valence-corrected chi connectivity index (χ4v) is 5.53. The molecule has 0 N–H and O–H groups in total. The van der Waals surface area contributed by atoms with E-state index in [0.29, 0.717) is 30.3 Å². The Labute approximate surface area is 170 Å². The van der Waals surface area contributed by atoms with Gasteiger partial charge in [0.15, 0.2) is 0 Å². The standard InChI is InChI=1S/C22H23N5O2/c1-13(21(28)26-16(10-24)6-15-7-19(15)26)11-25-12-17-8-20(25)22(29)27(17)18-5-3-2-4-14(18)9-23/h2-5,13,15-17,19-20H,6-8,11-12H2,1H3/t13-,15+,16-,17-,19?,20-/m0/s1. The predicted molar refractivity (Wildman–Crippen MR) is 104 cm³/mol. The molecule has 3 heterocycles. The van der Waals surface area contributed by atoms with Gasteiger partial charge in [0.05, 0.1) is 29.4 Å². The highest BCUT2D eigenvalue weighted by atomic mass is 16.2. The number of para-hydroxylation sites is 1. The van der Waals surface area contributed by atoms with Crippen LogP contribution in [0.2, 0.25) is 0 Å². The second-order valence-corrected chi connectivity index (χ2v) is 8.79. The molecule has 29 heavy (non-hydrogen) atoms. The molecular weight excluding hydrogens is 366 g/mol. The average Bonchev–Trinajstić information content (AvgIpc) is 3.07. The first-order chi connectivity index (χ1) is 14.0. The third kappa shape index (κ3) is 2.73. The van der Waals surface area contributed by atoms with Gasteiger partial charge in [0.25, 0.3) is 0 Å². The van der Waals surface area contributed by atoms with Gasteiger partial charge in [-0.1, -0.05) is 19.1 Å². The van der Waals surface area contributed by atoms with E-state index in [2.05, 4.69) is 17.0 Å². The number of benzene rings is 1. The topological polar surface area (TPSA) is 91.4 Å². The van der Waals surface area contributed by atoms with E-state index >= 15 is 0 Å². The van der Waals surface area contributed by atoms with Gasteiger partial charge in [0.2, 0.25) is 11.8 Å². The van der Waals surface area contributed by atoms with Crippen LogP contribution >= 0.6 is 0 Å². The van der Waals surface area contributed by atoms with E-state index in [0.717, 1.165) is 19.3 Å². The van der Waals surface area contributed by atoms with Crippen LogP contribution in [0.25, 0.3) is 0 Å². The fraction of sp³-hybridized carbons (Fsp3) is 0.545. The van der Waals surface area contributed by atoms with E-state index in [4.69, 9.17) is 0 Å². The van der Waals surface area contributed by atoms with E-state index in [1.54, 1.807) is 21.9 Å².